The maximum absolute atomic E-state index is 9.86. The van der Waals surface area contributed by atoms with E-state index in [1.165, 1.54) is 19.3 Å². The maximum Gasteiger partial charge on any atom is 0.0695 e. The van der Waals surface area contributed by atoms with E-state index in [1.807, 2.05) is 0 Å². The third kappa shape index (κ3) is 2.22. The zero-order valence-corrected chi connectivity index (χ0v) is 8.21. The largest absolute Gasteiger partial charge is 0.391 e. The second kappa shape index (κ2) is 4.40. The first-order valence-corrected chi connectivity index (χ1v) is 5.51. The standard InChI is InChI=1S/C10H20N2O/c13-10-4-2-1-3-9(10)12-7-5-11-6-8-12/h9-11,13H,1-8H2. The predicted molar refractivity (Wildman–Crippen MR) is 52.7 cm³/mol. The average molecular weight is 184 g/mol. The van der Waals surface area contributed by atoms with E-state index in [4.69, 9.17) is 0 Å². The van der Waals surface area contributed by atoms with Gasteiger partial charge in [-0.1, -0.05) is 12.8 Å². The van der Waals surface area contributed by atoms with Gasteiger partial charge in [0.1, 0.15) is 0 Å². The van der Waals surface area contributed by atoms with Gasteiger partial charge in [-0.15, -0.1) is 0 Å². The molecule has 0 bridgehead atoms. The summed E-state index contributed by atoms with van der Waals surface area (Å²) in [5.74, 6) is 0. The van der Waals surface area contributed by atoms with Crippen molar-refractivity contribution < 1.29 is 5.11 Å². The fourth-order valence-electron chi connectivity index (χ4n) is 2.53. The highest BCUT2D eigenvalue weighted by molar-refractivity contribution is 4.85. The van der Waals surface area contributed by atoms with Gasteiger partial charge in [0.05, 0.1) is 6.10 Å². The smallest absolute Gasteiger partial charge is 0.0695 e. The van der Waals surface area contributed by atoms with Crippen LogP contribution < -0.4 is 5.32 Å². The van der Waals surface area contributed by atoms with Gasteiger partial charge in [-0.3, -0.25) is 4.90 Å². The first kappa shape index (κ1) is 9.44. The van der Waals surface area contributed by atoms with Crippen LogP contribution in [0, 0.1) is 0 Å². The van der Waals surface area contributed by atoms with Gasteiger partial charge in [-0.25, -0.2) is 0 Å². The molecule has 3 heteroatoms. The van der Waals surface area contributed by atoms with Gasteiger partial charge in [-0.05, 0) is 12.8 Å². The number of rotatable bonds is 1. The lowest BCUT2D eigenvalue weighted by Gasteiger charge is -2.39. The summed E-state index contributed by atoms with van der Waals surface area (Å²) in [4.78, 5) is 2.46. The van der Waals surface area contributed by atoms with E-state index in [1.54, 1.807) is 0 Å². The van der Waals surface area contributed by atoms with E-state index >= 15 is 0 Å². The number of nitrogens with one attached hydrogen (secondary N) is 1. The first-order valence-electron chi connectivity index (χ1n) is 5.51. The molecular formula is C10H20N2O. The molecule has 13 heavy (non-hydrogen) atoms. The molecule has 0 aromatic carbocycles. The lowest BCUT2D eigenvalue weighted by Crippen LogP contribution is -2.53. The van der Waals surface area contributed by atoms with E-state index in [0.717, 1.165) is 32.6 Å². The van der Waals surface area contributed by atoms with Crippen molar-refractivity contribution in [2.45, 2.75) is 37.8 Å². The third-order valence-corrected chi connectivity index (χ3v) is 3.31. The van der Waals surface area contributed by atoms with E-state index in [0.29, 0.717) is 6.04 Å². The van der Waals surface area contributed by atoms with Crippen LogP contribution in [0.25, 0.3) is 0 Å². The van der Waals surface area contributed by atoms with Crippen molar-refractivity contribution in [2.24, 2.45) is 0 Å². The van der Waals surface area contributed by atoms with Gasteiger partial charge in [-0.2, -0.15) is 0 Å². The Bertz CT molecular complexity index is 157. The second-order valence-corrected chi connectivity index (χ2v) is 4.21. The van der Waals surface area contributed by atoms with Gasteiger partial charge in [0.2, 0.25) is 0 Å². The summed E-state index contributed by atoms with van der Waals surface area (Å²) in [5.41, 5.74) is 0. The molecule has 2 N–H and O–H groups in total. The molecule has 0 spiro atoms. The van der Waals surface area contributed by atoms with Crippen LogP contribution in [-0.4, -0.2) is 48.3 Å². The lowest BCUT2D eigenvalue weighted by atomic mass is 9.91. The quantitative estimate of drug-likeness (QED) is 0.611. The first-order chi connectivity index (χ1) is 6.38. The van der Waals surface area contributed by atoms with Crippen LogP contribution in [0.5, 0.6) is 0 Å². The van der Waals surface area contributed by atoms with E-state index < -0.39 is 0 Å². The Morgan fingerprint density at radius 1 is 1.08 bits per heavy atom. The minimum atomic E-state index is -0.0631. The van der Waals surface area contributed by atoms with Gasteiger partial charge < -0.3 is 10.4 Å². The van der Waals surface area contributed by atoms with Crippen molar-refractivity contribution >= 4 is 0 Å². The van der Waals surface area contributed by atoms with Crippen LogP contribution in [0.15, 0.2) is 0 Å². The third-order valence-electron chi connectivity index (χ3n) is 3.31. The number of aliphatic hydroxyl groups excluding tert-OH is 1. The van der Waals surface area contributed by atoms with Crippen LogP contribution in [0.4, 0.5) is 0 Å². The summed E-state index contributed by atoms with van der Waals surface area (Å²) >= 11 is 0. The van der Waals surface area contributed by atoms with Gasteiger partial charge in [0, 0.05) is 32.2 Å². The average Bonchev–Trinajstić information content (AvgIpc) is 2.20. The minimum absolute atomic E-state index is 0.0631. The summed E-state index contributed by atoms with van der Waals surface area (Å²) in [5, 5.41) is 13.2. The molecule has 2 fully saturated rings. The highest BCUT2D eigenvalue weighted by Crippen LogP contribution is 2.23. The van der Waals surface area contributed by atoms with Crippen molar-refractivity contribution in [1.82, 2.24) is 10.2 Å². The fraction of sp³-hybridized carbons (Fsp3) is 1.00. The number of nitrogens with zero attached hydrogens (tertiary/aromatic N) is 1. The van der Waals surface area contributed by atoms with Gasteiger partial charge >= 0.3 is 0 Å². The molecule has 1 saturated heterocycles. The molecule has 1 heterocycles. The second-order valence-electron chi connectivity index (χ2n) is 4.21. The molecular weight excluding hydrogens is 164 g/mol. The van der Waals surface area contributed by atoms with Crippen molar-refractivity contribution in [1.29, 1.82) is 0 Å². The topological polar surface area (TPSA) is 35.5 Å². The highest BCUT2D eigenvalue weighted by Gasteiger charge is 2.28. The van der Waals surface area contributed by atoms with Crippen LogP contribution in [0.3, 0.4) is 0 Å². The zero-order chi connectivity index (χ0) is 9.10. The minimum Gasteiger partial charge on any atom is -0.391 e. The number of hydrogen-bond donors (Lipinski definition) is 2. The van der Waals surface area contributed by atoms with Crippen molar-refractivity contribution in [3.8, 4) is 0 Å². The summed E-state index contributed by atoms with van der Waals surface area (Å²) < 4.78 is 0. The zero-order valence-electron chi connectivity index (χ0n) is 8.21. The van der Waals surface area contributed by atoms with Crippen LogP contribution in [0.2, 0.25) is 0 Å². The molecule has 0 aromatic heterocycles. The molecule has 1 aliphatic carbocycles. The number of aliphatic hydroxyl groups is 1. The molecule has 0 amide bonds. The van der Waals surface area contributed by atoms with Crippen LogP contribution in [0.1, 0.15) is 25.7 Å². The Morgan fingerprint density at radius 2 is 1.77 bits per heavy atom. The number of piperazine rings is 1. The van der Waals surface area contributed by atoms with Crippen LogP contribution >= 0.6 is 0 Å². The van der Waals surface area contributed by atoms with Crippen molar-refractivity contribution in [3.05, 3.63) is 0 Å². The van der Waals surface area contributed by atoms with E-state index in [-0.39, 0.29) is 6.10 Å². The maximum atomic E-state index is 9.86. The normalized spacial score (nSPS) is 37.6. The van der Waals surface area contributed by atoms with Crippen molar-refractivity contribution in [3.63, 3.8) is 0 Å². The summed E-state index contributed by atoms with van der Waals surface area (Å²) in [6, 6.07) is 0.454. The molecule has 2 rings (SSSR count). The monoisotopic (exact) mass is 184 g/mol. The Hall–Kier alpha value is -0.120. The van der Waals surface area contributed by atoms with Crippen LogP contribution in [-0.2, 0) is 0 Å². The molecule has 2 aliphatic rings. The molecule has 3 nitrogen and oxygen atoms in total. The molecule has 0 radical (unpaired) electrons. The molecule has 2 atom stereocenters. The van der Waals surface area contributed by atoms with Gasteiger partial charge in [0.25, 0.3) is 0 Å². The Balaban J connectivity index is 1.88. The summed E-state index contributed by atoms with van der Waals surface area (Å²) in [6.45, 7) is 4.40. The molecule has 0 aromatic rings. The molecule has 1 aliphatic heterocycles. The summed E-state index contributed by atoms with van der Waals surface area (Å²) in [6.07, 6.45) is 4.65. The predicted octanol–water partition coefficient (Wildman–Crippen LogP) is 0.195. The SMILES string of the molecule is OC1CCCCC1N1CCNCC1. The number of hydrogen-bond acceptors (Lipinski definition) is 3. The Morgan fingerprint density at radius 3 is 2.46 bits per heavy atom. The molecule has 2 unspecified atom stereocenters. The molecule has 76 valence electrons. The van der Waals surface area contributed by atoms with E-state index in [2.05, 4.69) is 10.2 Å². The molecule has 1 saturated carbocycles. The van der Waals surface area contributed by atoms with Crippen molar-refractivity contribution in [2.75, 3.05) is 26.2 Å². The Labute approximate surface area is 80.1 Å². The Kier molecular flexibility index (Phi) is 3.19. The fourth-order valence-corrected chi connectivity index (χ4v) is 2.53. The van der Waals surface area contributed by atoms with E-state index in [9.17, 15) is 5.11 Å². The highest BCUT2D eigenvalue weighted by atomic mass is 16.3. The lowest BCUT2D eigenvalue weighted by molar-refractivity contribution is 0.0145. The summed E-state index contributed by atoms with van der Waals surface area (Å²) in [7, 11) is 0. The van der Waals surface area contributed by atoms with Gasteiger partial charge in [0.15, 0.2) is 0 Å².